The number of carbonyl (C=O) groups excluding carboxylic acids is 2. The van der Waals surface area contributed by atoms with Gasteiger partial charge in [0.25, 0.3) is 0 Å². The zero-order chi connectivity index (χ0) is 15.8. The minimum absolute atomic E-state index is 0.0247. The molecule has 4 heteroatoms. The summed E-state index contributed by atoms with van der Waals surface area (Å²) in [5.41, 5.74) is 0.859. The molecule has 1 aromatic rings. The number of hydrogen-bond donors (Lipinski definition) is 0. The minimum atomic E-state index is -0.569. The molecule has 1 aliphatic rings. The molecule has 0 amide bonds. The Hall–Kier alpha value is -2.36. The molecular weight excluding hydrogens is 280 g/mol. The Morgan fingerprint density at radius 2 is 2.05 bits per heavy atom. The van der Waals surface area contributed by atoms with Crippen molar-refractivity contribution < 1.29 is 19.1 Å². The molecule has 0 bridgehead atoms. The predicted molar refractivity (Wildman–Crippen MR) is 84.5 cm³/mol. The number of Topliss-reactive ketones (excluding diaryl/α,β-unsaturated/α-hetero) is 1. The highest BCUT2D eigenvalue weighted by Gasteiger charge is 2.24. The van der Waals surface area contributed by atoms with E-state index < -0.39 is 12.1 Å². The molecular formula is C18H20O4. The van der Waals surface area contributed by atoms with Crippen LogP contribution in [0, 0.1) is 0 Å². The molecule has 0 unspecified atom stereocenters. The number of rotatable bonds is 6. The maximum atomic E-state index is 11.7. The molecule has 0 N–H and O–H groups in total. The van der Waals surface area contributed by atoms with Crippen LogP contribution < -0.4 is 4.74 Å². The lowest BCUT2D eigenvalue weighted by atomic mass is 9.96. The van der Waals surface area contributed by atoms with Crippen LogP contribution in [0.25, 0.3) is 6.08 Å². The third-order valence-corrected chi connectivity index (χ3v) is 3.42. The van der Waals surface area contributed by atoms with Gasteiger partial charge < -0.3 is 9.47 Å². The van der Waals surface area contributed by atoms with Gasteiger partial charge in [0.05, 0.1) is 0 Å². The summed E-state index contributed by atoms with van der Waals surface area (Å²) in [6.07, 6.45) is 7.08. The van der Waals surface area contributed by atoms with Crippen molar-refractivity contribution in [3.8, 4) is 5.75 Å². The number of benzene rings is 1. The third kappa shape index (κ3) is 4.88. The van der Waals surface area contributed by atoms with Gasteiger partial charge in [-0.1, -0.05) is 24.8 Å². The number of carbonyl (C=O) groups is 2. The highest BCUT2D eigenvalue weighted by molar-refractivity contribution is 5.91. The van der Waals surface area contributed by atoms with Gasteiger partial charge in [-0.3, -0.25) is 4.79 Å². The van der Waals surface area contributed by atoms with Gasteiger partial charge in [0.1, 0.15) is 12.4 Å². The first kappa shape index (κ1) is 16.0. The molecule has 1 fully saturated rings. The van der Waals surface area contributed by atoms with Crippen molar-refractivity contribution in [3.05, 3.63) is 48.6 Å². The SMILES string of the molecule is C=CCOc1ccc(/C=C/C(=O)O[C@H]2CCCCC2=O)cc1. The van der Waals surface area contributed by atoms with Gasteiger partial charge in [-0.25, -0.2) is 4.79 Å². The van der Waals surface area contributed by atoms with Crippen molar-refractivity contribution in [3.63, 3.8) is 0 Å². The van der Waals surface area contributed by atoms with Gasteiger partial charge in [0.2, 0.25) is 0 Å². The highest BCUT2D eigenvalue weighted by Crippen LogP contribution is 2.18. The first-order chi connectivity index (χ1) is 10.7. The van der Waals surface area contributed by atoms with E-state index in [2.05, 4.69) is 6.58 Å². The summed E-state index contributed by atoms with van der Waals surface area (Å²) in [7, 11) is 0. The van der Waals surface area contributed by atoms with Gasteiger partial charge in [-0.15, -0.1) is 0 Å². The summed E-state index contributed by atoms with van der Waals surface area (Å²) < 4.78 is 10.6. The van der Waals surface area contributed by atoms with Crippen molar-refractivity contribution in [1.82, 2.24) is 0 Å². The molecule has 4 nitrogen and oxygen atoms in total. The van der Waals surface area contributed by atoms with Crippen molar-refractivity contribution >= 4 is 17.8 Å². The molecule has 1 aromatic carbocycles. The Bertz CT molecular complexity index is 557. The van der Waals surface area contributed by atoms with Gasteiger partial charge >= 0.3 is 5.97 Å². The second kappa shape index (κ2) is 8.17. The Morgan fingerprint density at radius 1 is 1.27 bits per heavy atom. The molecule has 1 saturated carbocycles. The minimum Gasteiger partial charge on any atom is -0.490 e. The van der Waals surface area contributed by atoms with E-state index in [1.807, 2.05) is 24.3 Å². The molecule has 0 heterocycles. The Morgan fingerprint density at radius 3 is 2.73 bits per heavy atom. The average molecular weight is 300 g/mol. The fourth-order valence-electron chi connectivity index (χ4n) is 2.25. The molecule has 2 rings (SSSR count). The lowest BCUT2D eigenvalue weighted by Gasteiger charge is -2.19. The summed E-state index contributed by atoms with van der Waals surface area (Å²) in [5, 5.41) is 0. The summed E-state index contributed by atoms with van der Waals surface area (Å²) in [6, 6.07) is 7.32. The standard InChI is InChI=1S/C18H20O4/c1-2-13-21-15-10-7-14(8-11-15)9-12-18(20)22-17-6-4-3-5-16(17)19/h2,7-12,17H,1,3-6,13H2/b12-9+/t17-/m0/s1. The fourth-order valence-corrected chi connectivity index (χ4v) is 2.25. The Balaban J connectivity index is 1.86. The normalized spacial score (nSPS) is 18.2. The van der Waals surface area contributed by atoms with Crippen molar-refractivity contribution in [2.24, 2.45) is 0 Å². The first-order valence-electron chi connectivity index (χ1n) is 7.44. The van der Waals surface area contributed by atoms with Crippen LogP contribution in [0.5, 0.6) is 5.75 Å². The lowest BCUT2D eigenvalue weighted by Crippen LogP contribution is -2.29. The fraction of sp³-hybridized carbons (Fsp3) is 0.333. The quantitative estimate of drug-likeness (QED) is 0.459. The van der Waals surface area contributed by atoms with Crippen LogP contribution in [0.3, 0.4) is 0 Å². The number of ketones is 1. The maximum absolute atomic E-state index is 11.7. The predicted octanol–water partition coefficient (Wildman–Crippen LogP) is 3.32. The second-order valence-electron chi connectivity index (χ2n) is 5.14. The van der Waals surface area contributed by atoms with E-state index >= 15 is 0 Å². The molecule has 0 saturated heterocycles. The van der Waals surface area contributed by atoms with Crippen LogP contribution in [0.15, 0.2) is 43.0 Å². The summed E-state index contributed by atoms with van der Waals surface area (Å²) >= 11 is 0. The van der Waals surface area contributed by atoms with Crippen LogP contribution >= 0.6 is 0 Å². The van der Waals surface area contributed by atoms with E-state index in [0.717, 1.165) is 24.2 Å². The molecule has 0 aliphatic heterocycles. The van der Waals surface area contributed by atoms with Crippen LogP contribution in [0.4, 0.5) is 0 Å². The zero-order valence-electron chi connectivity index (χ0n) is 12.5. The van der Waals surface area contributed by atoms with E-state index in [1.165, 1.54) is 6.08 Å². The van der Waals surface area contributed by atoms with E-state index in [9.17, 15) is 9.59 Å². The molecule has 1 atom stereocenters. The van der Waals surface area contributed by atoms with Gasteiger partial charge in [-0.05, 0) is 43.0 Å². The van der Waals surface area contributed by atoms with E-state index in [-0.39, 0.29) is 5.78 Å². The largest absolute Gasteiger partial charge is 0.490 e. The molecule has 0 aromatic heterocycles. The molecule has 0 spiro atoms. The number of ether oxygens (including phenoxy) is 2. The van der Waals surface area contributed by atoms with Crippen LogP contribution in [-0.2, 0) is 14.3 Å². The van der Waals surface area contributed by atoms with Gasteiger partial charge in [0.15, 0.2) is 11.9 Å². The Kier molecular flexibility index (Phi) is 5.95. The molecule has 1 aliphatic carbocycles. The first-order valence-corrected chi connectivity index (χ1v) is 7.44. The van der Waals surface area contributed by atoms with E-state index in [1.54, 1.807) is 12.2 Å². The highest BCUT2D eigenvalue weighted by atomic mass is 16.5. The summed E-state index contributed by atoms with van der Waals surface area (Å²) in [5.74, 6) is 0.288. The van der Waals surface area contributed by atoms with Gasteiger partial charge in [-0.2, -0.15) is 0 Å². The number of hydrogen-bond acceptors (Lipinski definition) is 4. The number of esters is 1. The molecule has 116 valence electrons. The monoisotopic (exact) mass is 300 g/mol. The van der Waals surface area contributed by atoms with Crippen LogP contribution in [0.2, 0.25) is 0 Å². The second-order valence-corrected chi connectivity index (χ2v) is 5.14. The summed E-state index contributed by atoms with van der Waals surface area (Å²) in [4.78, 5) is 23.3. The zero-order valence-corrected chi connectivity index (χ0v) is 12.5. The van der Waals surface area contributed by atoms with Crippen molar-refractivity contribution in [2.45, 2.75) is 31.8 Å². The maximum Gasteiger partial charge on any atom is 0.331 e. The molecule has 22 heavy (non-hydrogen) atoms. The summed E-state index contributed by atoms with van der Waals surface area (Å²) in [6.45, 7) is 4.04. The van der Waals surface area contributed by atoms with Crippen molar-refractivity contribution in [2.75, 3.05) is 6.61 Å². The average Bonchev–Trinajstić information content (AvgIpc) is 2.54. The lowest BCUT2D eigenvalue weighted by molar-refractivity contribution is -0.152. The van der Waals surface area contributed by atoms with Crippen LogP contribution in [-0.4, -0.2) is 24.5 Å². The Labute approximate surface area is 130 Å². The van der Waals surface area contributed by atoms with E-state index in [0.29, 0.717) is 19.4 Å². The molecule has 0 radical (unpaired) electrons. The van der Waals surface area contributed by atoms with Crippen molar-refractivity contribution in [1.29, 1.82) is 0 Å². The smallest absolute Gasteiger partial charge is 0.331 e. The third-order valence-electron chi connectivity index (χ3n) is 3.42. The van der Waals surface area contributed by atoms with Crippen LogP contribution in [0.1, 0.15) is 31.2 Å². The van der Waals surface area contributed by atoms with Gasteiger partial charge in [0, 0.05) is 12.5 Å². The topological polar surface area (TPSA) is 52.6 Å². The van der Waals surface area contributed by atoms with E-state index in [4.69, 9.17) is 9.47 Å².